The lowest BCUT2D eigenvalue weighted by Gasteiger charge is -2.39. The van der Waals surface area contributed by atoms with Gasteiger partial charge in [-0.05, 0) is 38.1 Å². The van der Waals surface area contributed by atoms with Crippen molar-refractivity contribution in [3.63, 3.8) is 0 Å². The molecular weight excluding hydrogens is 341 g/mol. The number of benzene rings is 2. The van der Waals surface area contributed by atoms with Gasteiger partial charge in [-0.15, -0.1) is 0 Å². The molecule has 2 heterocycles. The van der Waals surface area contributed by atoms with Gasteiger partial charge in [0.2, 0.25) is 0 Å². The van der Waals surface area contributed by atoms with Crippen molar-refractivity contribution >= 4 is 7.59 Å². The molecule has 0 saturated carbocycles. The summed E-state index contributed by atoms with van der Waals surface area (Å²) in [5.74, 6) is 0. The fourth-order valence-corrected chi connectivity index (χ4v) is 7.80. The van der Waals surface area contributed by atoms with Crippen molar-refractivity contribution in [2.24, 2.45) is 0 Å². The van der Waals surface area contributed by atoms with Crippen molar-refractivity contribution < 1.29 is 4.57 Å². The van der Waals surface area contributed by atoms with E-state index < -0.39 is 7.59 Å². The van der Waals surface area contributed by atoms with E-state index in [1.165, 1.54) is 17.5 Å². The average Bonchev–Trinajstić information content (AvgIpc) is 2.92. The molecule has 0 spiro atoms. The molecule has 0 N–H and O–H groups in total. The minimum atomic E-state index is -2.77. The van der Waals surface area contributed by atoms with Crippen LogP contribution in [0.4, 0.5) is 0 Å². The van der Waals surface area contributed by atoms with Crippen LogP contribution in [0.1, 0.15) is 42.5 Å². The van der Waals surface area contributed by atoms with Crippen LogP contribution < -0.4 is 0 Å². The number of rotatable bonds is 3. The van der Waals surface area contributed by atoms with Crippen molar-refractivity contribution in [3.05, 3.63) is 71.8 Å². The molecule has 2 aromatic rings. The van der Waals surface area contributed by atoms with Crippen LogP contribution in [0.5, 0.6) is 0 Å². The second-order valence-corrected chi connectivity index (χ2v) is 10.2. The van der Waals surface area contributed by atoms with Crippen molar-refractivity contribution in [2.75, 3.05) is 27.2 Å². The predicted molar refractivity (Wildman–Crippen MR) is 107 cm³/mol. The Labute approximate surface area is 156 Å². The predicted octanol–water partition coefficient (Wildman–Crippen LogP) is 4.94. The number of hydrogen-bond donors (Lipinski definition) is 0. The zero-order chi connectivity index (χ0) is 18.1. The first-order chi connectivity index (χ1) is 12.6. The van der Waals surface area contributed by atoms with Crippen LogP contribution in [-0.2, 0) is 4.57 Å². The van der Waals surface area contributed by atoms with E-state index in [2.05, 4.69) is 62.5 Å². The summed E-state index contributed by atoms with van der Waals surface area (Å²) in [7, 11) is 1.33. The Kier molecular flexibility index (Phi) is 5.02. The third kappa shape index (κ3) is 2.86. The van der Waals surface area contributed by atoms with Gasteiger partial charge in [0.05, 0.1) is 12.1 Å². The number of nitrogens with zero attached hydrogens (tertiary/aromatic N) is 3. The molecule has 138 valence electrons. The summed E-state index contributed by atoms with van der Waals surface area (Å²) in [6, 6.07) is 21.2. The van der Waals surface area contributed by atoms with Gasteiger partial charge in [0.25, 0.3) is 7.59 Å². The topological polar surface area (TPSA) is 26.8 Å². The van der Waals surface area contributed by atoms with Crippen LogP contribution in [-0.4, -0.2) is 41.2 Å². The fourth-order valence-electron chi connectivity index (χ4n) is 4.59. The maximum atomic E-state index is 14.4. The van der Waals surface area contributed by atoms with E-state index >= 15 is 0 Å². The fraction of sp³-hybridized carbons (Fsp3) is 0.429. The highest BCUT2D eigenvalue weighted by Crippen LogP contribution is 2.69. The lowest BCUT2D eigenvalue weighted by molar-refractivity contribution is 0.298. The molecule has 2 saturated heterocycles. The molecule has 26 heavy (non-hydrogen) atoms. The molecule has 5 heteroatoms. The normalized spacial score (nSPS) is 27.6. The zero-order valence-electron chi connectivity index (χ0n) is 15.7. The molecule has 0 amide bonds. The Balaban J connectivity index is 1.81. The van der Waals surface area contributed by atoms with Gasteiger partial charge in [-0.1, -0.05) is 67.1 Å². The molecule has 2 aliphatic heterocycles. The molecule has 2 aromatic carbocycles. The second kappa shape index (κ2) is 7.28. The first-order valence-corrected chi connectivity index (χ1v) is 11.1. The van der Waals surface area contributed by atoms with Gasteiger partial charge >= 0.3 is 0 Å². The van der Waals surface area contributed by atoms with Crippen molar-refractivity contribution in [1.82, 2.24) is 14.0 Å². The first-order valence-electron chi connectivity index (χ1n) is 9.56. The standard InChI is InChI=1S/C21H28N3OP/c1-22-20(18-12-6-3-7-13-18)21(19-14-8-4-9-15-19)23(2)26(22,25)24-16-10-5-11-17-24/h3-4,6-9,12-15,20-21H,5,10-11,16-17H2,1-2H3/t20-,21-/m0/s1. The molecule has 0 aromatic heterocycles. The Morgan fingerprint density at radius 2 is 1.15 bits per heavy atom. The summed E-state index contributed by atoms with van der Waals surface area (Å²) >= 11 is 0. The van der Waals surface area contributed by atoms with E-state index in [-0.39, 0.29) is 12.1 Å². The summed E-state index contributed by atoms with van der Waals surface area (Å²) < 4.78 is 20.9. The van der Waals surface area contributed by atoms with E-state index in [1.807, 2.05) is 26.2 Å². The first kappa shape index (κ1) is 17.9. The van der Waals surface area contributed by atoms with E-state index in [4.69, 9.17) is 0 Å². The monoisotopic (exact) mass is 369 g/mol. The summed E-state index contributed by atoms with van der Waals surface area (Å²) in [5, 5.41) is 0. The van der Waals surface area contributed by atoms with Gasteiger partial charge in [-0.3, -0.25) is 4.57 Å². The largest absolute Gasteiger partial charge is 0.287 e. The third-order valence-electron chi connectivity index (χ3n) is 5.91. The molecule has 2 atom stereocenters. The zero-order valence-corrected chi connectivity index (χ0v) is 16.6. The lowest BCUT2D eigenvalue weighted by atomic mass is 9.93. The number of piperidine rings is 1. The summed E-state index contributed by atoms with van der Waals surface area (Å²) in [4.78, 5) is 0. The Morgan fingerprint density at radius 3 is 1.58 bits per heavy atom. The summed E-state index contributed by atoms with van der Waals surface area (Å²) in [5.41, 5.74) is 2.45. The summed E-state index contributed by atoms with van der Waals surface area (Å²) in [6.45, 7) is 1.85. The Hall–Kier alpha value is -1.45. The SMILES string of the molecule is CN1[C@@H](c2ccccc2)[C@H](c2ccccc2)N(C)P1(=O)N1CCCCC1. The highest BCUT2D eigenvalue weighted by molar-refractivity contribution is 7.56. The second-order valence-electron chi connectivity index (χ2n) is 7.39. The lowest BCUT2D eigenvalue weighted by Crippen LogP contribution is -2.35. The van der Waals surface area contributed by atoms with Crippen LogP contribution in [0.2, 0.25) is 0 Å². The van der Waals surface area contributed by atoms with Gasteiger partial charge in [0, 0.05) is 13.1 Å². The van der Waals surface area contributed by atoms with Crippen LogP contribution in [0.3, 0.4) is 0 Å². The smallest absolute Gasteiger partial charge is 0.270 e. The maximum Gasteiger partial charge on any atom is 0.287 e. The number of hydrogen-bond acceptors (Lipinski definition) is 1. The van der Waals surface area contributed by atoms with Crippen molar-refractivity contribution in [3.8, 4) is 0 Å². The molecule has 0 radical (unpaired) electrons. The Morgan fingerprint density at radius 1 is 0.731 bits per heavy atom. The molecule has 4 nitrogen and oxygen atoms in total. The van der Waals surface area contributed by atoms with Gasteiger partial charge in [-0.2, -0.15) is 0 Å². The van der Waals surface area contributed by atoms with E-state index in [0.717, 1.165) is 25.9 Å². The quantitative estimate of drug-likeness (QED) is 0.716. The van der Waals surface area contributed by atoms with Crippen molar-refractivity contribution in [1.29, 1.82) is 0 Å². The van der Waals surface area contributed by atoms with Gasteiger partial charge in [-0.25, -0.2) is 14.0 Å². The van der Waals surface area contributed by atoms with Crippen LogP contribution in [0, 0.1) is 0 Å². The van der Waals surface area contributed by atoms with E-state index in [1.54, 1.807) is 0 Å². The third-order valence-corrected chi connectivity index (χ3v) is 9.19. The molecule has 4 rings (SSSR count). The minimum Gasteiger partial charge on any atom is -0.270 e. The van der Waals surface area contributed by atoms with Crippen LogP contribution in [0.25, 0.3) is 0 Å². The van der Waals surface area contributed by atoms with Gasteiger partial charge < -0.3 is 0 Å². The van der Waals surface area contributed by atoms with Gasteiger partial charge in [0.15, 0.2) is 0 Å². The molecule has 0 aliphatic carbocycles. The van der Waals surface area contributed by atoms with Crippen LogP contribution >= 0.6 is 7.59 Å². The molecular formula is C21H28N3OP. The molecule has 0 unspecified atom stereocenters. The highest BCUT2D eigenvalue weighted by atomic mass is 31.2. The molecule has 2 fully saturated rings. The maximum absolute atomic E-state index is 14.4. The highest BCUT2D eigenvalue weighted by Gasteiger charge is 2.55. The Bertz CT molecular complexity index is 721. The van der Waals surface area contributed by atoms with Crippen LogP contribution in [0.15, 0.2) is 60.7 Å². The average molecular weight is 369 g/mol. The minimum absolute atomic E-state index is 0.0800. The number of likely N-dealkylation sites (N-methyl/N-ethyl adjacent to an activating group) is 2. The molecule has 0 bridgehead atoms. The molecule has 2 aliphatic rings. The van der Waals surface area contributed by atoms with Crippen molar-refractivity contribution in [2.45, 2.75) is 31.3 Å². The summed E-state index contributed by atoms with van der Waals surface area (Å²) in [6.07, 6.45) is 3.52. The van der Waals surface area contributed by atoms with E-state index in [9.17, 15) is 4.57 Å². The van der Waals surface area contributed by atoms with E-state index in [0.29, 0.717) is 0 Å². The van der Waals surface area contributed by atoms with Gasteiger partial charge in [0.1, 0.15) is 0 Å².